The van der Waals surface area contributed by atoms with Gasteiger partial charge in [-0.25, -0.2) is 0 Å². The molecule has 1 aliphatic rings. The van der Waals surface area contributed by atoms with Crippen LogP contribution in [0.2, 0.25) is 0 Å². The highest BCUT2D eigenvalue weighted by Gasteiger charge is 2.30. The molecule has 4 atom stereocenters. The fraction of sp³-hybridized carbons (Fsp3) is 0.529. The summed E-state index contributed by atoms with van der Waals surface area (Å²) in [6.07, 6.45) is 25.9. The number of carbonyl (C=O) groups is 2. The number of rotatable bonds is 19. The number of H-pyrrole nitrogens is 1. The minimum absolute atomic E-state index is 0.0640. The van der Waals surface area contributed by atoms with E-state index in [9.17, 15) is 24.6 Å². The van der Waals surface area contributed by atoms with Gasteiger partial charge in [0, 0.05) is 13.0 Å². The summed E-state index contributed by atoms with van der Waals surface area (Å²) in [7, 11) is 0. The highest BCUT2D eigenvalue weighted by atomic mass is 16.3. The van der Waals surface area contributed by atoms with Crippen LogP contribution >= 0.6 is 0 Å². The number of allylic oxidation sites excluding steroid dienone is 10. The molecule has 0 bridgehead atoms. The summed E-state index contributed by atoms with van der Waals surface area (Å²) in [5.74, 6) is -0.775. The van der Waals surface area contributed by atoms with Gasteiger partial charge in [-0.3, -0.25) is 24.7 Å². The Labute approximate surface area is 267 Å². The molecule has 0 fully saturated rings. The minimum Gasteiger partial charge on any atom is -0.391 e. The second-order valence-electron chi connectivity index (χ2n) is 11.4. The van der Waals surface area contributed by atoms with Crippen molar-refractivity contribution < 1.29 is 19.8 Å². The van der Waals surface area contributed by atoms with E-state index in [0.717, 1.165) is 38.5 Å². The number of aromatic amines is 1. The molecule has 11 heteroatoms. The van der Waals surface area contributed by atoms with Crippen LogP contribution in [-0.2, 0) is 9.59 Å². The van der Waals surface area contributed by atoms with Crippen molar-refractivity contribution in [3.05, 3.63) is 71.1 Å². The van der Waals surface area contributed by atoms with E-state index in [2.05, 4.69) is 98.9 Å². The summed E-state index contributed by atoms with van der Waals surface area (Å²) in [5, 5.41) is 31.0. The molecule has 1 aromatic rings. The van der Waals surface area contributed by atoms with Gasteiger partial charge in [0.25, 0.3) is 5.56 Å². The van der Waals surface area contributed by atoms with Crippen LogP contribution in [-0.4, -0.2) is 62.8 Å². The van der Waals surface area contributed by atoms with Crippen LogP contribution in [0.1, 0.15) is 79.1 Å². The number of amides is 2. The number of carbonyl (C=O) groups excluding carboxylic acids is 2. The van der Waals surface area contributed by atoms with Crippen LogP contribution in [0.5, 0.6) is 0 Å². The Morgan fingerprint density at radius 1 is 0.933 bits per heavy atom. The van der Waals surface area contributed by atoms with Crippen molar-refractivity contribution in [2.24, 2.45) is 5.92 Å². The topological polar surface area (TPSA) is 168 Å². The summed E-state index contributed by atoms with van der Waals surface area (Å²) in [6.45, 7) is 7.45. The predicted molar refractivity (Wildman–Crippen MR) is 182 cm³/mol. The zero-order valence-electron chi connectivity index (χ0n) is 27.1. The number of unbranched alkanes of at least 4 members (excludes halogenated alkanes) is 1. The van der Waals surface area contributed by atoms with Crippen LogP contribution < -0.4 is 26.8 Å². The molecule has 2 rings (SSSR count). The molecular formula is C34H52N6O5. The number of hydrogen-bond acceptors (Lipinski definition) is 8. The maximum atomic E-state index is 13.0. The van der Waals surface area contributed by atoms with Crippen molar-refractivity contribution in [3.63, 3.8) is 0 Å². The minimum atomic E-state index is -1.09. The molecular weight excluding hydrogens is 572 g/mol. The number of anilines is 3. The molecule has 248 valence electrons. The maximum absolute atomic E-state index is 13.0. The van der Waals surface area contributed by atoms with E-state index in [1.807, 2.05) is 13.8 Å². The van der Waals surface area contributed by atoms with Crippen molar-refractivity contribution in [1.29, 1.82) is 0 Å². The van der Waals surface area contributed by atoms with Crippen molar-refractivity contribution >= 4 is 29.3 Å². The fourth-order valence-corrected chi connectivity index (χ4v) is 4.50. The Morgan fingerprint density at radius 2 is 1.51 bits per heavy atom. The Balaban J connectivity index is 1.72. The number of aliphatic hydroxyl groups excluding tert-OH is 2. The predicted octanol–water partition coefficient (Wildman–Crippen LogP) is 4.72. The Morgan fingerprint density at radius 3 is 2.07 bits per heavy atom. The van der Waals surface area contributed by atoms with Crippen LogP contribution in [0.25, 0.3) is 0 Å². The molecule has 0 radical (unpaired) electrons. The van der Waals surface area contributed by atoms with Crippen LogP contribution in [0.4, 0.5) is 17.5 Å². The van der Waals surface area contributed by atoms with Gasteiger partial charge in [0.2, 0.25) is 17.8 Å². The van der Waals surface area contributed by atoms with Crippen molar-refractivity contribution in [2.45, 2.75) is 103 Å². The summed E-state index contributed by atoms with van der Waals surface area (Å²) in [6, 6.07) is -1.41. The van der Waals surface area contributed by atoms with E-state index in [1.165, 1.54) is 6.92 Å². The van der Waals surface area contributed by atoms with E-state index in [0.29, 0.717) is 6.42 Å². The van der Waals surface area contributed by atoms with Gasteiger partial charge < -0.3 is 26.2 Å². The van der Waals surface area contributed by atoms with Gasteiger partial charge in [0.05, 0.1) is 12.1 Å². The van der Waals surface area contributed by atoms with Crippen LogP contribution in [0.3, 0.4) is 0 Å². The van der Waals surface area contributed by atoms with Gasteiger partial charge in [-0.2, -0.15) is 4.98 Å². The van der Waals surface area contributed by atoms with Gasteiger partial charge >= 0.3 is 0 Å². The molecule has 0 saturated carbocycles. The normalized spacial score (nSPS) is 17.2. The molecule has 7 N–H and O–H groups in total. The van der Waals surface area contributed by atoms with Crippen LogP contribution in [0.15, 0.2) is 65.6 Å². The molecule has 0 aliphatic carbocycles. The van der Waals surface area contributed by atoms with Gasteiger partial charge in [-0.05, 0) is 57.8 Å². The highest BCUT2D eigenvalue weighted by molar-refractivity contribution is 5.96. The summed E-state index contributed by atoms with van der Waals surface area (Å²) in [5.41, 5.74) is -0.448. The number of nitrogens with one attached hydrogen (secondary N) is 5. The van der Waals surface area contributed by atoms with Gasteiger partial charge in [-0.1, -0.05) is 81.5 Å². The maximum Gasteiger partial charge on any atom is 0.277 e. The van der Waals surface area contributed by atoms with E-state index < -0.39 is 35.8 Å². The van der Waals surface area contributed by atoms with E-state index in [-0.39, 0.29) is 42.2 Å². The third kappa shape index (κ3) is 14.1. The molecule has 2 amide bonds. The molecule has 2 heterocycles. The first-order valence-corrected chi connectivity index (χ1v) is 16.0. The number of nitrogens with zero attached hydrogens (tertiary/aromatic N) is 1. The summed E-state index contributed by atoms with van der Waals surface area (Å²) in [4.78, 5) is 45.0. The second-order valence-corrected chi connectivity index (χ2v) is 11.4. The Kier molecular flexibility index (Phi) is 17.3. The SMILES string of the molecule is CCC=CCC=CCC=CCC=CCC=CCCCC(=O)NC(C(=O)Nc1nc2c(c(=O)[nH]1)NC(C(O)C(C)O)CN2)C(C)C. The zero-order valence-corrected chi connectivity index (χ0v) is 27.1. The van der Waals surface area contributed by atoms with Gasteiger partial charge in [-0.15, -0.1) is 0 Å². The monoisotopic (exact) mass is 624 g/mol. The van der Waals surface area contributed by atoms with Crippen molar-refractivity contribution in [1.82, 2.24) is 15.3 Å². The quantitative estimate of drug-likeness (QED) is 0.0857. The number of fused-ring (bicyclic) bond motifs is 1. The van der Waals surface area contributed by atoms with E-state index in [1.54, 1.807) is 0 Å². The molecule has 0 aromatic carbocycles. The van der Waals surface area contributed by atoms with Crippen LogP contribution in [0, 0.1) is 5.92 Å². The van der Waals surface area contributed by atoms with E-state index >= 15 is 0 Å². The Bertz CT molecular complexity index is 1260. The number of hydrogen-bond donors (Lipinski definition) is 7. The first kappa shape index (κ1) is 37.2. The third-order valence-electron chi connectivity index (χ3n) is 7.08. The fourth-order valence-electron chi connectivity index (χ4n) is 4.50. The molecule has 11 nitrogen and oxygen atoms in total. The lowest BCUT2D eigenvalue weighted by Crippen LogP contribution is -2.49. The lowest BCUT2D eigenvalue weighted by molar-refractivity contribution is -0.127. The average molecular weight is 625 g/mol. The lowest BCUT2D eigenvalue weighted by Gasteiger charge is -2.31. The first-order chi connectivity index (χ1) is 21.6. The molecule has 1 aromatic heterocycles. The van der Waals surface area contributed by atoms with Gasteiger partial charge in [0.15, 0.2) is 5.82 Å². The average Bonchev–Trinajstić information content (AvgIpc) is 3.00. The summed E-state index contributed by atoms with van der Waals surface area (Å²) >= 11 is 0. The highest BCUT2D eigenvalue weighted by Crippen LogP contribution is 2.22. The zero-order chi connectivity index (χ0) is 33.0. The molecule has 4 unspecified atom stereocenters. The third-order valence-corrected chi connectivity index (χ3v) is 7.08. The molecule has 0 spiro atoms. The lowest BCUT2D eigenvalue weighted by atomic mass is 10.0. The van der Waals surface area contributed by atoms with Crippen molar-refractivity contribution in [3.8, 4) is 0 Å². The van der Waals surface area contributed by atoms with Crippen molar-refractivity contribution in [2.75, 3.05) is 22.5 Å². The van der Waals surface area contributed by atoms with E-state index in [4.69, 9.17) is 0 Å². The molecule has 0 saturated heterocycles. The molecule has 1 aliphatic heterocycles. The Hall–Kier alpha value is -3.96. The smallest absolute Gasteiger partial charge is 0.277 e. The first-order valence-electron chi connectivity index (χ1n) is 16.0. The number of aliphatic hydroxyl groups is 2. The summed E-state index contributed by atoms with van der Waals surface area (Å²) < 4.78 is 0. The number of aromatic nitrogens is 2. The second kappa shape index (κ2) is 20.9. The van der Waals surface area contributed by atoms with Gasteiger partial charge in [0.1, 0.15) is 17.8 Å². The largest absolute Gasteiger partial charge is 0.391 e. The molecule has 45 heavy (non-hydrogen) atoms. The standard InChI is InChI=1S/C34H52N6O5/c1-5-6-7-8-9-10-11-12-13-14-15-16-17-18-19-20-21-22-27(42)37-28(24(2)3)32(44)39-34-38-31-29(33(45)40-34)36-26(23-35-31)30(43)25(4)41/h6-7,9-10,12-13,15-16,18-19,24-26,28,30,36,41,43H,5,8,11,14,17,20-23H2,1-4H3,(H,37,42)(H3,35,38,39,40,44,45).